The predicted octanol–water partition coefficient (Wildman–Crippen LogP) is 4.69. The summed E-state index contributed by atoms with van der Waals surface area (Å²) < 4.78 is 5.70. The van der Waals surface area contributed by atoms with Crippen LogP contribution in [0.5, 0.6) is 5.75 Å². The maximum absolute atomic E-state index is 11.9. The lowest BCUT2D eigenvalue weighted by molar-refractivity contribution is -0.124. The van der Waals surface area contributed by atoms with Crippen LogP contribution in [0.3, 0.4) is 0 Å². The van der Waals surface area contributed by atoms with Gasteiger partial charge in [-0.3, -0.25) is 4.79 Å². The van der Waals surface area contributed by atoms with Crippen LogP contribution in [0, 0.1) is 0 Å². The van der Waals surface area contributed by atoms with Gasteiger partial charge in [-0.1, -0.05) is 44.2 Å². The molecule has 0 aliphatic carbocycles. The Morgan fingerprint density at radius 1 is 1.16 bits per heavy atom. The minimum absolute atomic E-state index is 0.00290. The highest BCUT2D eigenvalue weighted by atomic mass is 35.5. The molecule has 0 saturated heterocycles. The van der Waals surface area contributed by atoms with E-state index in [-0.39, 0.29) is 18.1 Å². The Labute approximate surface area is 157 Å². The molecular weight excluding hydrogens is 336 g/mol. The number of carbonyl (C=O) groups excluding carboxylic acids is 1. The summed E-state index contributed by atoms with van der Waals surface area (Å²) in [5.41, 5.74) is 0.715. The van der Waals surface area contributed by atoms with Crippen molar-refractivity contribution in [1.82, 2.24) is 10.6 Å². The number of benzene rings is 1. The fourth-order valence-electron chi connectivity index (χ4n) is 2.50. The van der Waals surface area contributed by atoms with Crippen LogP contribution in [0.25, 0.3) is 0 Å². The maximum Gasteiger partial charge on any atom is 0.258 e. The molecule has 0 heterocycles. The Kier molecular flexibility index (Phi) is 9.91. The molecule has 2 N–H and O–H groups in total. The van der Waals surface area contributed by atoms with Crippen molar-refractivity contribution in [2.24, 2.45) is 0 Å². The molecule has 1 amide bonds. The first-order valence-corrected chi connectivity index (χ1v) is 9.62. The Morgan fingerprint density at radius 2 is 1.88 bits per heavy atom. The van der Waals surface area contributed by atoms with E-state index < -0.39 is 0 Å². The van der Waals surface area contributed by atoms with Crippen molar-refractivity contribution in [3.63, 3.8) is 0 Å². The fourth-order valence-corrected chi connectivity index (χ4v) is 2.70. The first-order valence-electron chi connectivity index (χ1n) is 9.25. The summed E-state index contributed by atoms with van der Waals surface area (Å²) >= 11 is 6.10. The number of carbonyl (C=O) groups is 1. The lowest BCUT2D eigenvalue weighted by atomic mass is 10.1. The fraction of sp³-hybridized carbons (Fsp3) is 0.650. The quantitative estimate of drug-likeness (QED) is 0.557. The highest BCUT2D eigenvalue weighted by Crippen LogP contribution is 2.23. The molecule has 0 spiro atoms. The summed E-state index contributed by atoms with van der Waals surface area (Å²) in [6, 6.07) is 5.50. The van der Waals surface area contributed by atoms with Crippen LogP contribution >= 0.6 is 11.6 Å². The molecule has 0 saturated carbocycles. The summed E-state index contributed by atoms with van der Waals surface area (Å²) in [4.78, 5) is 11.9. The Hall–Kier alpha value is -1.26. The van der Waals surface area contributed by atoms with E-state index in [9.17, 15) is 4.79 Å². The molecular formula is C20H33ClN2O2. The van der Waals surface area contributed by atoms with Gasteiger partial charge in [-0.25, -0.2) is 0 Å². The van der Waals surface area contributed by atoms with Crippen molar-refractivity contribution in [2.75, 3.05) is 13.2 Å². The molecule has 0 unspecified atom stereocenters. The van der Waals surface area contributed by atoms with Gasteiger partial charge in [0.25, 0.3) is 5.91 Å². The summed E-state index contributed by atoms with van der Waals surface area (Å²) in [5, 5.41) is 7.00. The largest absolute Gasteiger partial charge is 0.483 e. The van der Waals surface area contributed by atoms with Gasteiger partial charge in [0.15, 0.2) is 6.61 Å². The van der Waals surface area contributed by atoms with Crippen molar-refractivity contribution >= 4 is 17.5 Å². The van der Waals surface area contributed by atoms with Crippen LogP contribution in [0.1, 0.15) is 65.4 Å². The molecule has 5 heteroatoms. The van der Waals surface area contributed by atoms with E-state index in [4.69, 9.17) is 16.3 Å². The van der Waals surface area contributed by atoms with Gasteiger partial charge >= 0.3 is 0 Å². The minimum atomic E-state index is -0.261. The highest BCUT2D eigenvalue weighted by molar-refractivity contribution is 6.30. The third-order valence-electron chi connectivity index (χ3n) is 3.67. The van der Waals surface area contributed by atoms with Crippen LogP contribution in [-0.4, -0.2) is 24.6 Å². The standard InChI is InChI=1S/C20H33ClN2O2/c1-5-6-7-8-9-12-22-14-16-13-17(21)10-11-18(16)25-15-19(24)23-20(2,3)4/h10-11,13,22H,5-9,12,14-15H2,1-4H3,(H,23,24). The third kappa shape index (κ3) is 10.4. The van der Waals surface area contributed by atoms with Gasteiger partial charge in [-0.05, 0) is 51.9 Å². The van der Waals surface area contributed by atoms with E-state index in [0.29, 0.717) is 17.3 Å². The van der Waals surface area contributed by atoms with Gasteiger partial charge in [0.2, 0.25) is 0 Å². The number of nitrogens with one attached hydrogen (secondary N) is 2. The smallest absolute Gasteiger partial charge is 0.258 e. The number of halogens is 1. The highest BCUT2D eigenvalue weighted by Gasteiger charge is 2.14. The van der Waals surface area contributed by atoms with Gasteiger partial charge in [-0.2, -0.15) is 0 Å². The zero-order valence-corrected chi connectivity index (χ0v) is 16.8. The summed E-state index contributed by atoms with van der Waals surface area (Å²) in [6.07, 6.45) is 6.30. The number of amides is 1. The summed E-state index contributed by atoms with van der Waals surface area (Å²) in [6.45, 7) is 9.73. The van der Waals surface area contributed by atoms with Crippen molar-refractivity contribution < 1.29 is 9.53 Å². The number of hydrogen-bond acceptors (Lipinski definition) is 3. The van der Waals surface area contributed by atoms with Gasteiger partial charge in [0.1, 0.15) is 5.75 Å². The van der Waals surface area contributed by atoms with E-state index in [1.54, 1.807) is 6.07 Å². The molecule has 0 fully saturated rings. The van der Waals surface area contributed by atoms with Gasteiger partial charge in [0, 0.05) is 22.7 Å². The molecule has 1 aromatic carbocycles. The Balaban J connectivity index is 2.45. The first-order chi connectivity index (χ1) is 11.8. The second-order valence-electron chi connectivity index (χ2n) is 7.43. The van der Waals surface area contributed by atoms with Crippen LogP contribution in [0.15, 0.2) is 18.2 Å². The molecule has 0 bridgehead atoms. The van der Waals surface area contributed by atoms with Crippen molar-refractivity contribution in [3.05, 3.63) is 28.8 Å². The third-order valence-corrected chi connectivity index (χ3v) is 3.90. The molecule has 4 nitrogen and oxygen atoms in total. The van der Waals surface area contributed by atoms with E-state index in [2.05, 4.69) is 17.6 Å². The second kappa shape index (κ2) is 11.4. The van der Waals surface area contributed by atoms with Crippen LogP contribution in [0.2, 0.25) is 5.02 Å². The minimum Gasteiger partial charge on any atom is -0.483 e. The van der Waals surface area contributed by atoms with Gasteiger partial charge in [0.05, 0.1) is 0 Å². The number of hydrogen-bond donors (Lipinski definition) is 2. The molecule has 1 rings (SSSR count). The second-order valence-corrected chi connectivity index (χ2v) is 7.87. The maximum atomic E-state index is 11.9. The Bertz CT molecular complexity index is 527. The van der Waals surface area contributed by atoms with E-state index in [0.717, 1.165) is 12.1 Å². The van der Waals surface area contributed by atoms with E-state index in [1.165, 1.54) is 32.1 Å². The molecule has 142 valence electrons. The average Bonchev–Trinajstić information content (AvgIpc) is 2.51. The molecule has 25 heavy (non-hydrogen) atoms. The summed E-state index contributed by atoms with van der Waals surface area (Å²) in [5.74, 6) is 0.573. The molecule has 0 radical (unpaired) electrons. The number of rotatable bonds is 11. The first kappa shape index (κ1) is 21.8. The Morgan fingerprint density at radius 3 is 2.56 bits per heavy atom. The SMILES string of the molecule is CCCCCCCNCc1cc(Cl)ccc1OCC(=O)NC(C)(C)C. The van der Waals surface area contributed by atoms with Gasteiger partial charge in [-0.15, -0.1) is 0 Å². The monoisotopic (exact) mass is 368 g/mol. The van der Waals surface area contributed by atoms with Crippen molar-refractivity contribution in [2.45, 2.75) is 71.9 Å². The predicted molar refractivity (Wildman–Crippen MR) is 105 cm³/mol. The zero-order chi connectivity index (χ0) is 18.7. The molecule has 0 aliphatic heterocycles. The molecule has 0 aliphatic rings. The molecule has 0 atom stereocenters. The zero-order valence-electron chi connectivity index (χ0n) is 16.1. The lowest BCUT2D eigenvalue weighted by Gasteiger charge is -2.21. The van der Waals surface area contributed by atoms with Crippen molar-refractivity contribution in [1.29, 1.82) is 0 Å². The van der Waals surface area contributed by atoms with E-state index in [1.807, 2.05) is 32.9 Å². The molecule has 1 aromatic rings. The molecule has 0 aromatic heterocycles. The van der Waals surface area contributed by atoms with Crippen LogP contribution < -0.4 is 15.4 Å². The lowest BCUT2D eigenvalue weighted by Crippen LogP contribution is -2.43. The summed E-state index contributed by atoms with van der Waals surface area (Å²) in [7, 11) is 0. The van der Waals surface area contributed by atoms with Crippen LogP contribution in [-0.2, 0) is 11.3 Å². The number of ether oxygens (including phenoxy) is 1. The van der Waals surface area contributed by atoms with Gasteiger partial charge < -0.3 is 15.4 Å². The normalized spacial score (nSPS) is 11.4. The van der Waals surface area contributed by atoms with Crippen molar-refractivity contribution in [3.8, 4) is 5.75 Å². The van der Waals surface area contributed by atoms with E-state index >= 15 is 0 Å². The number of unbranched alkanes of at least 4 members (excludes halogenated alkanes) is 4. The van der Waals surface area contributed by atoms with Crippen LogP contribution in [0.4, 0.5) is 0 Å². The average molecular weight is 369 g/mol. The topological polar surface area (TPSA) is 50.4 Å².